The third kappa shape index (κ3) is 4.73. The van der Waals surface area contributed by atoms with E-state index in [1.807, 2.05) is 44.2 Å². The van der Waals surface area contributed by atoms with E-state index >= 15 is 0 Å². The molecule has 128 valence electrons. The number of thiazole rings is 1. The van der Waals surface area contributed by atoms with Crippen molar-refractivity contribution in [2.75, 3.05) is 0 Å². The molecule has 0 atom stereocenters. The van der Waals surface area contributed by atoms with E-state index in [-0.39, 0.29) is 5.91 Å². The first-order valence-electron chi connectivity index (χ1n) is 8.31. The normalized spacial score (nSPS) is 10.6. The van der Waals surface area contributed by atoms with Crippen LogP contribution >= 0.6 is 11.3 Å². The van der Waals surface area contributed by atoms with E-state index < -0.39 is 0 Å². The molecule has 3 rings (SSSR count). The molecule has 0 unspecified atom stereocenters. The Bertz CT molecular complexity index is 858. The number of nitrogens with zero attached hydrogens (tertiary/aromatic N) is 2. The molecule has 0 bridgehead atoms. The molecule has 4 nitrogen and oxygen atoms in total. The largest absolute Gasteiger partial charge is 0.347 e. The predicted octanol–water partition coefficient (Wildman–Crippen LogP) is 3.87. The molecule has 0 saturated heterocycles. The lowest BCUT2D eigenvalue weighted by atomic mass is 10.1. The second-order valence-electron chi connectivity index (χ2n) is 6.05. The van der Waals surface area contributed by atoms with Gasteiger partial charge in [-0.1, -0.05) is 29.8 Å². The lowest BCUT2D eigenvalue weighted by Crippen LogP contribution is -2.22. The van der Waals surface area contributed by atoms with Crippen LogP contribution in [0.4, 0.5) is 0 Å². The Labute approximate surface area is 152 Å². The van der Waals surface area contributed by atoms with E-state index in [1.54, 1.807) is 12.4 Å². The standard InChI is InChI=1S/C20H21N3OS/c1-14-4-3-5-17(12-14)13-22-20(24)19-15(2)23-18(25-19)7-6-16-8-10-21-11-9-16/h3-5,8-12H,6-7,13H2,1-2H3,(H,22,24). The molecule has 0 radical (unpaired) electrons. The number of carbonyl (C=O) groups is 1. The third-order valence-corrected chi connectivity index (χ3v) is 5.18. The molecule has 0 spiro atoms. The zero-order valence-corrected chi connectivity index (χ0v) is 15.3. The SMILES string of the molecule is Cc1cccc(CNC(=O)c2sc(CCc3ccncc3)nc2C)c1. The molecule has 2 heterocycles. The van der Waals surface area contributed by atoms with Gasteiger partial charge in [0, 0.05) is 25.4 Å². The molecule has 0 saturated carbocycles. The minimum Gasteiger partial charge on any atom is -0.347 e. The highest BCUT2D eigenvalue weighted by atomic mass is 32.1. The van der Waals surface area contributed by atoms with Gasteiger partial charge in [0.2, 0.25) is 0 Å². The van der Waals surface area contributed by atoms with Crippen LogP contribution in [0.15, 0.2) is 48.8 Å². The fraction of sp³-hybridized carbons (Fsp3) is 0.250. The van der Waals surface area contributed by atoms with E-state index in [9.17, 15) is 4.79 Å². The lowest BCUT2D eigenvalue weighted by Gasteiger charge is -2.05. The number of amides is 1. The molecular weight excluding hydrogens is 330 g/mol. The summed E-state index contributed by atoms with van der Waals surface area (Å²) in [5.74, 6) is -0.0494. The number of hydrogen-bond acceptors (Lipinski definition) is 4. The van der Waals surface area contributed by atoms with E-state index in [0.29, 0.717) is 11.4 Å². The molecular formula is C20H21N3OS. The van der Waals surface area contributed by atoms with Crippen molar-refractivity contribution in [1.82, 2.24) is 15.3 Å². The smallest absolute Gasteiger partial charge is 0.263 e. The van der Waals surface area contributed by atoms with Crippen molar-refractivity contribution in [3.63, 3.8) is 0 Å². The number of aryl methyl sites for hydroxylation is 4. The number of nitrogens with one attached hydrogen (secondary N) is 1. The van der Waals surface area contributed by atoms with Crippen LogP contribution in [0.5, 0.6) is 0 Å². The Kier molecular flexibility index (Phi) is 5.56. The lowest BCUT2D eigenvalue weighted by molar-refractivity contribution is 0.0954. The average Bonchev–Trinajstić information content (AvgIpc) is 3.00. The summed E-state index contributed by atoms with van der Waals surface area (Å²) in [5.41, 5.74) is 4.33. The number of rotatable bonds is 6. The summed E-state index contributed by atoms with van der Waals surface area (Å²) in [4.78, 5) is 21.8. The van der Waals surface area contributed by atoms with Crippen LogP contribution in [0.25, 0.3) is 0 Å². The summed E-state index contributed by atoms with van der Waals surface area (Å²) in [5, 5.41) is 3.99. The minimum atomic E-state index is -0.0494. The van der Waals surface area contributed by atoms with Crippen molar-refractivity contribution in [3.05, 3.63) is 81.1 Å². The van der Waals surface area contributed by atoms with E-state index in [2.05, 4.69) is 21.4 Å². The molecule has 0 aliphatic carbocycles. The summed E-state index contributed by atoms with van der Waals surface area (Å²) in [6, 6.07) is 12.2. The van der Waals surface area contributed by atoms with Crippen molar-refractivity contribution >= 4 is 17.2 Å². The van der Waals surface area contributed by atoms with Crippen molar-refractivity contribution in [1.29, 1.82) is 0 Å². The molecule has 1 aromatic carbocycles. The van der Waals surface area contributed by atoms with Gasteiger partial charge >= 0.3 is 0 Å². The van der Waals surface area contributed by atoms with Crippen LogP contribution in [-0.2, 0) is 19.4 Å². The maximum absolute atomic E-state index is 12.5. The van der Waals surface area contributed by atoms with Crippen LogP contribution in [-0.4, -0.2) is 15.9 Å². The van der Waals surface area contributed by atoms with Crippen LogP contribution in [0.1, 0.15) is 37.1 Å². The van der Waals surface area contributed by atoms with Crippen molar-refractivity contribution in [2.45, 2.75) is 33.2 Å². The summed E-state index contributed by atoms with van der Waals surface area (Å²) < 4.78 is 0. The number of aromatic nitrogens is 2. The predicted molar refractivity (Wildman–Crippen MR) is 101 cm³/mol. The minimum absolute atomic E-state index is 0.0494. The summed E-state index contributed by atoms with van der Waals surface area (Å²) in [6.45, 7) is 4.48. The van der Waals surface area contributed by atoms with Gasteiger partial charge in [0.25, 0.3) is 5.91 Å². The van der Waals surface area contributed by atoms with Gasteiger partial charge in [-0.05, 0) is 43.5 Å². The highest BCUT2D eigenvalue weighted by Crippen LogP contribution is 2.20. The highest BCUT2D eigenvalue weighted by Gasteiger charge is 2.15. The topological polar surface area (TPSA) is 54.9 Å². The van der Waals surface area contributed by atoms with Crippen LogP contribution in [0, 0.1) is 13.8 Å². The van der Waals surface area contributed by atoms with E-state index in [0.717, 1.165) is 29.1 Å². The molecule has 5 heteroatoms. The van der Waals surface area contributed by atoms with Gasteiger partial charge in [0.05, 0.1) is 10.7 Å². The van der Waals surface area contributed by atoms with E-state index in [1.165, 1.54) is 22.5 Å². The molecule has 2 aromatic heterocycles. The Balaban J connectivity index is 1.60. The van der Waals surface area contributed by atoms with Crippen LogP contribution in [0.3, 0.4) is 0 Å². The number of carbonyl (C=O) groups excluding carboxylic acids is 1. The number of hydrogen-bond donors (Lipinski definition) is 1. The first kappa shape index (κ1) is 17.3. The maximum atomic E-state index is 12.5. The molecule has 1 N–H and O–H groups in total. The number of benzene rings is 1. The van der Waals surface area contributed by atoms with Crippen LogP contribution < -0.4 is 5.32 Å². The van der Waals surface area contributed by atoms with E-state index in [4.69, 9.17) is 0 Å². The van der Waals surface area contributed by atoms with Gasteiger partial charge in [-0.3, -0.25) is 9.78 Å². The number of pyridine rings is 1. The quantitative estimate of drug-likeness (QED) is 0.733. The Hall–Kier alpha value is -2.53. The maximum Gasteiger partial charge on any atom is 0.263 e. The summed E-state index contributed by atoms with van der Waals surface area (Å²) in [7, 11) is 0. The first-order chi connectivity index (χ1) is 12.1. The van der Waals surface area contributed by atoms with Crippen molar-refractivity contribution in [3.8, 4) is 0 Å². The summed E-state index contributed by atoms with van der Waals surface area (Å²) in [6.07, 6.45) is 5.33. The monoisotopic (exact) mass is 351 g/mol. The fourth-order valence-corrected chi connectivity index (χ4v) is 3.64. The molecule has 0 aliphatic heterocycles. The van der Waals surface area contributed by atoms with Gasteiger partial charge in [-0.2, -0.15) is 0 Å². The van der Waals surface area contributed by atoms with Crippen molar-refractivity contribution in [2.24, 2.45) is 0 Å². The zero-order chi connectivity index (χ0) is 17.6. The second-order valence-corrected chi connectivity index (χ2v) is 7.13. The van der Waals surface area contributed by atoms with Gasteiger partial charge in [-0.15, -0.1) is 11.3 Å². The molecule has 3 aromatic rings. The molecule has 25 heavy (non-hydrogen) atoms. The first-order valence-corrected chi connectivity index (χ1v) is 9.12. The molecule has 0 fully saturated rings. The zero-order valence-electron chi connectivity index (χ0n) is 14.5. The van der Waals surface area contributed by atoms with Gasteiger partial charge in [0.15, 0.2) is 0 Å². The van der Waals surface area contributed by atoms with Gasteiger partial charge < -0.3 is 5.32 Å². The Morgan fingerprint density at radius 1 is 1.08 bits per heavy atom. The Morgan fingerprint density at radius 3 is 2.64 bits per heavy atom. The van der Waals surface area contributed by atoms with Gasteiger partial charge in [-0.25, -0.2) is 4.98 Å². The average molecular weight is 351 g/mol. The molecule has 0 aliphatic rings. The third-order valence-electron chi connectivity index (χ3n) is 3.96. The second kappa shape index (κ2) is 8.03. The summed E-state index contributed by atoms with van der Waals surface area (Å²) >= 11 is 1.49. The van der Waals surface area contributed by atoms with Crippen LogP contribution in [0.2, 0.25) is 0 Å². The fourth-order valence-electron chi connectivity index (χ4n) is 2.66. The molecule has 1 amide bonds. The van der Waals surface area contributed by atoms with Gasteiger partial charge in [0.1, 0.15) is 4.88 Å². The highest BCUT2D eigenvalue weighted by molar-refractivity contribution is 7.13. The Morgan fingerprint density at radius 2 is 1.88 bits per heavy atom. The van der Waals surface area contributed by atoms with Crippen molar-refractivity contribution < 1.29 is 4.79 Å².